The molecule has 9 nitrogen and oxygen atoms in total. The number of ether oxygens (including phenoxy) is 2. The predicted octanol–water partition coefficient (Wildman–Crippen LogP) is 5.34. The number of benzene rings is 1. The lowest BCUT2D eigenvalue weighted by Crippen LogP contribution is -2.15. The van der Waals surface area contributed by atoms with Gasteiger partial charge >= 0.3 is 0 Å². The van der Waals surface area contributed by atoms with E-state index < -0.39 is 4.92 Å². The second-order valence-electron chi connectivity index (χ2n) is 7.89. The van der Waals surface area contributed by atoms with Gasteiger partial charge in [-0.05, 0) is 45.9 Å². The van der Waals surface area contributed by atoms with Gasteiger partial charge in [-0.1, -0.05) is 12.2 Å². The van der Waals surface area contributed by atoms with E-state index in [1.807, 2.05) is 52.0 Å². The molecule has 0 radical (unpaired) electrons. The van der Waals surface area contributed by atoms with E-state index in [0.717, 1.165) is 5.76 Å². The normalized spacial score (nSPS) is 14.0. The third kappa shape index (κ3) is 4.41. The van der Waals surface area contributed by atoms with Crippen molar-refractivity contribution in [1.82, 2.24) is 9.97 Å². The Balaban J connectivity index is 1.77. The first-order valence-corrected chi connectivity index (χ1v) is 10.3. The molecule has 2 aromatic heterocycles. The van der Waals surface area contributed by atoms with Gasteiger partial charge in [0.2, 0.25) is 0 Å². The van der Waals surface area contributed by atoms with Crippen LogP contribution in [0.25, 0.3) is 11.0 Å². The van der Waals surface area contributed by atoms with E-state index in [1.54, 1.807) is 29.6 Å². The van der Waals surface area contributed by atoms with Crippen molar-refractivity contribution in [2.45, 2.75) is 45.8 Å². The van der Waals surface area contributed by atoms with E-state index >= 15 is 0 Å². The lowest BCUT2D eigenvalue weighted by molar-refractivity contribution is -0.383. The van der Waals surface area contributed by atoms with Gasteiger partial charge in [0.05, 0.1) is 34.8 Å². The minimum absolute atomic E-state index is 0.0395. The van der Waals surface area contributed by atoms with Gasteiger partial charge < -0.3 is 18.8 Å². The fourth-order valence-corrected chi connectivity index (χ4v) is 3.32. The summed E-state index contributed by atoms with van der Waals surface area (Å²) in [5.41, 5.74) is 1.10. The van der Waals surface area contributed by atoms with Crippen LogP contribution in [-0.4, -0.2) is 27.1 Å². The molecule has 0 bridgehead atoms. The molecule has 1 aliphatic heterocycles. The molecule has 32 heavy (non-hydrogen) atoms. The highest BCUT2D eigenvalue weighted by atomic mass is 16.6. The van der Waals surface area contributed by atoms with E-state index in [2.05, 4.69) is 9.97 Å². The van der Waals surface area contributed by atoms with Crippen LogP contribution in [0.1, 0.15) is 39.4 Å². The summed E-state index contributed by atoms with van der Waals surface area (Å²) >= 11 is 0. The van der Waals surface area contributed by atoms with Crippen molar-refractivity contribution in [3.05, 3.63) is 71.0 Å². The summed E-state index contributed by atoms with van der Waals surface area (Å²) in [5.74, 6) is 1.22. The van der Waals surface area contributed by atoms with Crippen LogP contribution >= 0.6 is 0 Å². The molecule has 0 unspecified atom stereocenters. The number of nitro groups is 1. The highest BCUT2D eigenvalue weighted by Crippen LogP contribution is 2.37. The first-order chi connectivity index (χ1) is 15.3. The molecule has 0 N–H and O–H groups in total. The maximum Gasteiger partial charge on any atom is 0.295 e. The summed E-state index contributed by atoms with van der Waals surface area (Å²) in [6, 6.07) is 6.75. The van der Waals surface area contributed by atoms with Gasteiger partial charge in [0.15, 0.2) is 0 Å². The van der Waals surface area contributed by atoms with Crippen molar-refractivity contribution >= 4 is 22.4 Å². The summed E-state index contributed by atoms with van der Waals surface area (Å²) in [6.07, 6.45) is 8.69. The van der Waals surface area contributed by atoms with E-state index in [-0.39, 0.29) is 35.6 Å². The molecule has 9 heteroatoms. The number of rotatable bonds is 7. The Hall–Kier alpha value is -3.88. The Morgan fingerprint density at radius 3 is 2.12 bits per heavy atom. The highest BCUT2D eigenvalue weighted by molar-refractivity contribution is 5.86. The fourth-order valence-electron chi connectivity index (χ4n) is 3.32. The molecular formula is C23H24N4O5. The van der Waals surface area contributed by atoms with E-state index in [4.69, 9.17) is 13.9 Å². The standard InChI is InChI=1S/C23H24N4O5/c1-14(2)31-22-23(32-15(3)4)25-18-13-20(27(28)29)19(12-17(18)24-22)26-9-7-16(8-10-26)21-6-5-11-30-21/h5-16H,1-4H3. The SMILES string of the molecule is CC(C)Oc1nc2cc(N3C=CC(c4ccco4)C=C3)c([N+](=O)[O-])cc2nc1OC(C)C. The van der Waals surface area contributed by atoms with Crippen molar-refractivity contribution in [3.63, 3.8) is 0 Å². The van der Waals surface area contributed by atoms with Crippen molar-refractivity contribution in [3.8, 4) is 11.8 Å². The van der Waals surface area contributed by atoms with Crippen LogP contribution in [0.15, 0.2) is 59.5 Å². The maximum atomic E-state index is 11.8. The van der Waals surface area contributed by atoms with Crippen molar-refractivity contribution in [2.24, 2.45) is 0 Å². The lowest BCUT2D eigenvalue weighted by atomic mass is 10.0. The Bertz CT molecular complexity index is 1170. The second kappa shape index (κ2) is 8.70. The second-order valence-corrected chi connectivity index (χ2v) is 7.89. The summed E-state index contributed by atoms with van der Waals surface area (Å²) in [7, 11) is 0. The monoisotopic (exact) mass is 436 g/mol. The molecule has 166 valence electrons. The number of furan rings is 1. The van der Waals surface area contributed by atoms with Crippen LogP contribution in [0.3, 0.4) is 0 Å². The van der Waals surface area contributed by atoms with Crippen LogP contribution in [-0.2, 0) is 0 Å². The molecule has 0 spiro atoms. The minimum atomic E-state index is -0.432. The molecular weight excluding hydrogens is 412 g/mol. The van der Waals surface area contributed by atoms with Gasteiger partial charge in [-0.2, -0.15) is 0 Å². The average Bonchev–Trinajstić information content (AvgIpc) is 3.27. The topological polar surface area (TPSA) is 104 Å². The molecule has 1 aliphatic rings. The molecule has 0 atom stereocenters. The van der Waals surface area contributed by atoms with Crippen LogP contribution < -0.4 is 14.4 Å². The summed E-state index contributed by atoms with van der Waals surface area (Å²) < 4.78 is 17.0. The molecule has 3 heterocycles. The van der Waals surface area contributed by atoms with Gasteiger partial charge in [-0.15, -0.1) is 0 Å². The predicted molar refractivity (Wildman–Crippen MR) is 120 cm³/mol. The Morgan fingerprint density at radius 2 is 1.62 bits per heavy atom. The van der Waals surface area contributed by atoms with Crippen molar-refractivity contribution in [1.29, 1.82) is 0 Å². The molecule has 0 saturated carbocycles. The van der Waals surface area contributed by atoms with Crippen LogP contribution in [0, 0.1) is 10.1 Å². The molecule has 0 aliphatic carbocycles. The first kappa shape index (κ1) is 21.4. The Kier molecular flexibility index (Phi) is 5.81. The van der Waals surface area contributed by atoms with Crippen LogP contribution in [0.4, 0.5) is 11.4 Å². The van der Waals surface area contributed by atoms with E-state index in [1.165, 1.54) is 6.07 Å². The zero-order valence-corrected chi connectivity index (χ0v) is 18.3. The lowest BCUT2D eigenvalue weighted by Gasteiger charge is -2.21. The highest BCUT2D eigenvalue weighted by Gasteiger charge is 2.24. The molecule has 0 fully saturated rings. The summed E-state index contributed by atoms with van der Waals surface area (Å²) in [4.78, 5) is 22.1. The van der Waals surface area contributed by atoms with Gasteiger partial charge in [0.1, 0.15) is 17.0 Å². The van der Waals surface area contributed by atoms with Gasteiger partial charge in [0, 0.05) is 18.5 Å². The fraction of sp³-hybridized carbons (Fsp3) is 0.304. The molecule has 0 saturated heterocycles. The molecule has 4 rings (SSSR count). The number of hydrogen-bond donors (Lipinski definition) is 0. The quantitative estimate of drug-likeness (QED) is 0.361. The maximum absolute atomic E-state index is 11.8. The summed E-state index contributed by atoms with van der Waals surface area (Å²) in [5, 5.41) is 11.8. The zero-order valence-electron chi connectivity index (χ0n) is 18.3. The number of nitro benzene ring substituents is 1. The summed E-state index contributed by atoms with van der Waals surface area (Å²) in [6.45, 7) is 7.49. The number of aromatic nitrogens is 2. The van der Waals surface area contributed by atoms with Gasteiger partial charge in [0.25, 0.3) is 17.4 Å². The van der Waals surface area contributed by atoms with E-state index in [9.17, 15) is 10.1 Å². The number of fused-ring (bicyclic) bond motifs is 1. The number of allylic oxidation sites excluding steroid dienone is 2. The van der Waals surface area contributed by atoms with Gasteiger partial charge in [-0.25, -0.2) is 9.97 Å². The Labute approximate surface area is 185 Å². The minimum Gasteiger partial charge on any atom is -0.471 e. The van der Waals surface area contributed by atoms with Crippen LogP contribution in [0.5, 0.6) is 11.8 Å². The van der Waals surface area contributed by atoms with Gasteiger partial charge in [-0.3, -0.25) is 10.1 Å². The number of anilines is 1. The smallest absolute Gasteiger partial charge is 0.295 e. The first-order valence-electron chi connectivity index (χ1n) is 10.3. The third-order valence-corrected chi connectivity index (χ3v) is 4.65. The largest absolute Gasteiger partial charge is 0.471 e. The Morgan fingerprint density at radius 1 is 1.03 bits per heavy atom. The van der Waals surface area contributed by atoms with Crippen LogP contribution in [0.2, 0.25) is 0 Å². The molecule has 1 aromatic carbocycles. The molecule has 3 aromatic rings. The average molecular weight is 436 g/mol. The third-order valence-electron chi connectivity index (χ3n) is 4.65. The van der Waals surface area contributed by atoms with Crippen molar-refractivity contribution < 1.29 is 18.8 Å². The van der Waals surface area contributed by atoms with E-state index in [0.29, 0.717) is 16.7 Å². The zero-order chi connectivity index (χ0) is 22.8. The number of hydrogen-bond acceptors (Lipinski definition) is 8. The van der Waals surface area contributed by atoms with Crippen molar-refractivity contribution in [2.75, 3.05) is 4.90 Å². The molecule has 0 amide bonds. The number of nitrogens with zero attached hydrogens (tertiary/aromatic N) is 4.